The molecule has 0 spiro atoms. The van der Waals surface area contributed by atoms with Gasteiger partial charge in [0.15, 0.2) is 0 Å². The normalized spacial score (nSPS) is 17.8. The number of nitrogens with zero attached hydrogens (tertiary/aromatic N) is 3. The van der Waals surface area contributed by atoms with Crippen molar-refractivity contribution in [3.63, 3.8) is 0 Å². The molecule has 1 amide bonds. The molecule has 23 heavy (non-hydrogen) atoms. The van der Waals surface area contributed by atoms with Gasteiger partial charge in [-0.3, -0.25) is 0 Å². The first kappa shape index (κ1) is 15.4. The maximum atomic E-state index is 10.8. The van der Waals surface area contributed by atoms with Crippen molar-refractivity contribution in [1.29, 1.82) is 0 Å². The van der Waals surface area contributed by atoms with Crippen LogP contribution in [0.5, 0.6) is 0 Å². The summed E-state index contributed by atoms with van der Waals surface area (Å²) in [6.45, 7) is 1.75. The van der Waals surface area contributed by atoms with Gasteiger partial charge in [-0.15, -0.1) is 0 Å². The fraction of sp³-hybridized carbons (Fsp3) is 0.467. The number of ether oxygens (including phenoxy) is 1. The zero-order valence-electron chi connectivity index (χ0n) is 13.2. The van der Waals surface area contributed by atoms with E-state index in [0.717, 1.165) is 35.5 Å². The van der Waals surface area contributed by atoms with Crippen LogP contribution in [0, 0.1) is 0 Å². The average Bonchev–Trinajstić information content (AvgIpc) is 3.05. The van der Waals surface area contributed by atoms with Crippen molar-refractivity contribution >= 4 is 28.5 Å². The maximum absolute atomic E-state index is 10.8. The second-order valence-electron chi connectivity index (χ2n) is 5.77. The quantitative estimate of drug-likeness (QED) is 0.730. The van der Waals surface area contributed by atoms with Gasteiger partial charge in [-0.25, -0.2) is 9.78 Å². The van der Waals surface area contributed by atoms with E-state index in [4.69, 9.17) is 15.6 Å². The summed E-state index contributed by atoms with van der Waals surface area (Å²) in [6.07, 6.45) is -0.247. The summed E-state index contributed by atoms with van der Waals surface area (Å²) in [7, 11) is 3.58. The highest BCUT2D eigenvalue weighted by Gasteiger charge is 2.27. The summed E-state index contributed by atoms with van der Waals surface area (Å²) < 4.78 is 7.18. The molecule has 1 aliphatic heterocycles. The van der Waals surface area contributed by atoms with E-state index in [9.17, 15) is 4.79 Å². The van der Waals surface area contributed by atoms with Gasteiger partial charge in [0.05, 0.1) is 22.9 Å². The van der Waals surface area contributed by atoms with E-state index in [1.807, 2.05) is 23.7 Å². The number of carbonyl (C=O) groups is 1. The van der Waals surface area contributed by atoms with Crippen LogP contribution in [-0.2, 0) is 18.4 Å². The number of aryl methyl sites for hydroxylation is 1. The molecule has 1 aliphatic rings. The molecule has 8 heteroatoms. The largest absolute Gasteiger partial charge is 0.465 e. The van der Waals surface area contributed by atoms with Gasteiger partial charge in [0, 0.05) is 27.2 Å². The smallest absolute Gasteiger partial charge is 0.404 e. The number of aromatic nitrogens is 2. The Bertz CT molecular complexity index is 742. The Hall–Kier alpha value is -2.48. The molecule has 1 atom stereocenters. The van der Waals surface area contributed by atoms with Crippen molar-refractivity contribution in [2.75, 3.05) is 30.8 Å². The van der Waals surface area contributed by atoms with Crippen molar-refractivity contribution in [2.24, 2.45) is 7.05 Å². The fourth-order valence-electron chi connectivity index (χ4n) is 3.15. The third-order valence-electron chi connectivity index (χ3n) is 4.26. The Morgan fingerprint density at radius 3 is 3.04 bits per heavy atom. The number of nitrogens with one attached hydrogen (secondary N) is 1. The Morgan fingerprint density at radius 1 is 1.57 bits per heavy atom. The van der Waals surface area contributed by atoms with E-state index >= 15 is 0 Å². The molecule has 1 saturated heterocycles. The predicted molar refractivity (Wildman–Crippen MR) is 87.6 cm³/mol. The molecule has 2 aromatic rings. The Kier molecular flexibility index (Phi) is 3.99. The number of benzene rings is 1. The van der Waals surface area contributed by atoms with Crippen LogP contribution >= 0.6 is 0 Å². The third-order valence-corrected chi connectivity index (χ3v) is 4.26. The van der Waals surface area contributed by atoms with E-state index in [-0.39, 0.29) is 6.04 Å². The molecule has 1 aromatic carbocycles. The van der Waals surface area contributed by atoms with Crippen LogP contribution in [0.4, 0.5) is 16.2 Å². The van der Waals surface area contributed by atoms with Gasteiger partial charge in [0.2, 0.25) is 0 Å². The predicted octanol–water partition coefficient (Wildman–Crippen LogP) is 1.15. The number of nitrogens with two attached hydrogens (primary N) is 1. The lowest BCUT2D eigenvalue weighted by molar-refractivity contribution is 0.176. The third kappa shape index (κ3) is 2.77. The standard InChI is InChI=1S/C15H21N5O3/c1-19-11-4-3-10(16)14(13(11)18-12(19)8-23-2)20-6-5-9(7-20)17-15(21)22/h3-4,9,17H,5-8,16H2,1-2H3,(H,21,22)/t9-/m0/s1. The monoisotopic (exact) mass is 319 g/mol. The molecular weight excluding hydrogens is 298 g/mol. The van der Waals surface area contributed by atoms with Gasteiger partial charge >= 0.3 is 6.09 Å². The maximum Gasteiger partial charge on any atom is 0.404 e. The number of carboxylic acid groups (broad SMARTS) is 1. The van der Waals surface area contributed by atoms with E-state index in [1.54, 1.807) is 7.11 Å². The molecular formula is C15H21N5O3. The molecule has 4 N–H and O–H groups in total. The SMILES string of the molecule is COCc1nc2c(N3CC[C@H](NC(=O)O)C3)c(N)ccc2n1C. The van der Waals surface area contributed by atoms with Gasteiger partial charge in [0.25, 0.3) is 0 Å². The van der Waals surface area contributed by atoms with E-state index in [1.165, 1.54) is 0 Å². The number of hydrogen-bond acceptors (Lipinski definition) is 5. The van der Waals surface area contributed by atoms with Crippen LogP contribution in [-0.4, -0.2) is 47.0 Å². The van der Waals surface area contributed by atoms with Crippen LogP contribution in [0.15, 0.2) is 12.1 Å². The van der Waals surface area contributed by atoms with Gasteiger partial charge in [-0.1, -0.05) is 0 Å². The molecule has 0 unspecified atom stereocenters. The molecule has 0 bridgehead atoms. The summed E-state index contributed by atoms with van der Waals surface area (Å²) >= 11 is 0. The highest BCUT2D eigenvalue weighted by Crippen LogP contribution is 2.34. The van der Waals surface area contributed by atoms with E-state index in [2.05, 4.69) is 15.2 Å². The van der Waals surface area contributed by atoms with E-state index in [0.29, 0.717) is 18.8 Å². The molecule has 124 valence electrons. The van der Waals surface area contributed by atoms with Crippen molar-refractivity contribution in [1.82, 2.24) is 14.9 Å². The first-order chi connectivity index (χ1) is 11.0. The molecule has 3 rings (SSSR count). The van der Waals surface area contributed by atoms with Crippen molar-refractivity contribution < 1.29 is 14.6 Å². The van der Waals surface area contributed by atoms with Crippen molar-refractivity contribution in [3.8, 4) is 0 Å². The van der Waals surface area contributed by atoms with E-state index < -0.39 is 6.09 Å². The minimum absolute atomic E-state index is 0.0932. The molecule has 2 heterocycles. The topological polar surface area (TPSA) is 106 Å². The zero-order valence-corrected chi connectivity index (χ0v) is 13.2. The number of nitrogen functional groups attached to an aromatic ring is 1. The summed E-state index contributed by atoms with van der Waals surface area (Å²) in [6, 6.07) is 3.72. The summed E-state index contributed by atoms with van der Waals surface area (Å²) in [5.74, 6) is 0.828. The minimum atomic E-state index is -0.997. The van der Waals surface area contributed by atoms with Crippen LogP contribution in [0.3, 0.4) is 0 Å². The van der Waals surface area contributed by atoms with Crippen LogP contribution in [0.25, 0.3) is 11.0 Å². The first-order valence-corrected chi connectivity index (χ1v) is 7.48. The fourth-order valence-corrected chi connectivity index (χ4v) is 3.15. The molecule has 0 radical (unpaired) electrons. The van der Waals surface area contributed by atoms with Crippen molar-refractivity contribution in [3.05, 3.63) is 18.0 Å². The highest BCUT2D eigenvalue weighted by molar-refractivity contribution is 5.96. The number of imidazole rings is 1. The average molecular weight is 319 g/mol. The van der Waals surface area contributed by atoms with Gasteiger partial charge in [-0.2, -0.15) is 0 Å². The second kappa shape index (κ2) is 5.96. The van der Waals surface area contributed by atoms with Crippen LogP contribution < -0.4 is 16.0 Å². The summed E-state index contributed by atoms with van der Waals surface area (Å²) in [5, 5.41) is 11.4. The number of rotatable bonds is 4. The Morgan fingerprint density at radius 2 is 2.35 bits per heavy atom. The van der Waals surface area contributed by atoms with Crippen LogP contribution in [0.2, 0.25) is 0 Å². The van der Waals surface area contributed by atoms with Crippen LogP contribution in [0.1, 0.15) is 12.2 Å². The number of methoxy groups -OCH3 is 1. The number of fused-ring (bicyclic) bond motifs is 1. The highest BCUT2D eigenvalue weighted by atomic mass is 16.5. The number of hydrogen-bond donors (Lipinski definition) is 3. The Balaban J connectivity index is 1.98. The summed E-state index contributed by atoms with van der Waals surface area (Å²) in [5.41, 5.74) is 9.52. The number of amides is 1. The molecule has 8 nitrogen and oxygen atoms in total. The molecule has 0 saturated carbocycles. The first-order valence-electron chi connectivity index (χ1n) is 7.48. The second-order valence-corrected chi connectivity index (χ2v) is 5.77. The lowest BCUT2D eigenvalue weighted by Gasteiger charge is -2.21. The molecule has 1 fully saturated rings. The minimum Gasteiger partial charge on any atom is -0.465 e. The summed E-state index contributed by atoms with van der Waals surface area (Å²) in [4.78, 5) is 17.6. The Labute approximate surface area is 133 Å². The lowest BCUT2D eigenvalue weighted by atomic mass is 10.2. The van der Waals surface area contributed by atoms with Gasteiger partial charge < -0.3 is 30.4 Å². The number of anilines is 2. The lowest BCUT2D eigenvalue weighted by Crippen LogP contribution is -2.36. The van der Waals surface area contributed by atoms with Crippen molar-refractivity contribution in [2.45, 2.75) is 19.1 Å². The molecule has 1 aromatic heterocycles. The molecule has 0 aliphatic carbocycles. The van der Waals surface area contributed by atoms with Gasteiger partial charge in [0.1, 0.15) is 17.9 Å². The zero-order chi connectivity index (χ0) is 16.6. The van der Waals surface area contributed by atoms with Gasteiger partial charge in [-0.05, 0) is 18.6 Å².